The van der Waals surface area contributed by atoms with Crippen molar-refractivity contribution in [3.63, 3.8) is 0 Å². The lowest BCUT2D eigenvalue weighted by molar-refractivity contribution is 0.246. The average Bonchev–Trinajstić information content (AvgIpc) is 2.73. The van der Waals surface area contributed by atoms with Crippen LogP contribution < -0.4 is 4.74 Å². The van der Waals surface area contributed by atoms with Crippen LogP contribution in [0.15, 0.2) is 22.7 Å². The van der Waals surface area contributed by atoms with E-state index in [2.05, 4.69) is 11.2 Å². The molecule has 1 aromatic carbocycles. The molecule has 0 fully saturated rings. The zero-order valence-corrected chi connectivity index (χ0v) is 10.7. The van der Waals surface area contributed by atoms with Gasteiger partial charge in [-0.3, -0.25) is 0 Å². The van der Waals surface area contributed by atoms with Crippen molar-refractivity contribution in [2.45, 2.75) is 27.4 Å². The molecule has 2 rings (SSSR count). The second-order valence-corrected chi connectivity index (χ2v) is 4.27. The lowest BCUT2D eigenvalue weighted by atomic mass is 10.1. The van der Waals surface area contributed by atoms with Gasteiger partial charge in [0.25, 0.3) is 0 Å². The summed E-state index contributed by atoms with van der Waals surface area (Å²) in [6.07, 6.45) is 0. The van der Waals surface area contributed by atoms with E-state index >= 15 is 0 Å². The lowest BCUT2D eigenvalue weighted by Gasteiger charge is -2.11. The predicted molar refractivity (Wildman–Crippen MR) is 66.2 cm³/mol. The van der Waals surface area contributed by atoms with Gasteiger partial charge in [-0.1, -0.05) is 5.16 Å². The Morgan fingerprint density at radius 2 is 1.89 bits per heavy atom. The van der Waals surface area contributed by atoms with E-state index < -0.39 is 0 Å². The Bertz CT molecular complexity index is 585. The second kappa shape index (κ2) is 4.92. The van der Waals surface area contributed by atoms with Crippen molar-refractivity contribution < 1.29 is 9.26 Å². The van der Waals surface area contributed by atoms with Gasteiger partial charge in [0.15, 0.2) is 5.76 Å². The monoisotopic (exact) mass is 242 g/mol. The highest BCUT2D eigenvalue weighted by Gasteiger charge is 2.08. The highest BCUT2D eigenvalue weighted by molar-refractivity contribution is 5.47. The van der Waals surface area contributed by atoms with Gasteiger partial charge in [-0.05, 0) is 44.0 Å². The number of rotatable bonds is 3. The van der Waals surface area contributed by atoms with Crippen molar-refractivity contribution in [1.82, 2.24) is 5.16 Å². The zero-order valence-electron chi connectivity index (χ0n) is 10.7. The normalized spacial score (nSPS) is 10.1. The van der Waals surface area contributed by atoms with Crippen molar-refractivity contribution >= 4 is 0 Å². The maximum absolute atomic E-state index is 8.87. The van der Waals surface area contributed by atoms with Crippen molar-refractivity contribution in [3.05, 3.63) is 46.3 Å². The van der Waals surface area contributed by atoms with Crippen molar-refractivity contribution in [2.24, 2.45) is 0 Å². The van der Waals surface area contributed by atoms with Gasteiger partial charge in [0.1, 0.15) is 12.4 Å². The van der Waals surface area contributed by atoms with Crippen molar-refractivity contribution in [1.29, 1.82) is 5.26 Å². The standard InChI is InChI=1S/C14H14N2O2/c1-9-4-12(7-15)5-10(2)14(9)17-8-13-6-11(3)16-18-13/h4-6H,8H2,1-3H3. The first-order valence-electron chi connectivity index (χ1n) is 5.66. The van der Waals surface area contributed by atoms with Gasteiger partial charge in [-0.15, -0.1) is 0 Å². The molecule has 0 saturated heterocycles. The number of ether oxygens (including phenoxy) is 1. The summed E-state index contributed by atoms with van der Waals surface area (Å²) in [6, 6.07) is 7.60. The van der Waals surface area contributed by atoms with Gasteiger partial charge >= 0.3 is 0 Å². The Hall–Kier alpha value is -2.28. The summed E-state index contributed by atoms with van der Waals surface area (Å²) in [6.45, 7) is 6.06. The quantitative estimate of drug-likeness (QED) is 0.830. The molecule has 0 aliphatic carbocycles. The Labute approximate surface area is 106 Å². The van der Waals surface area contributed by atoms with Crippen LogP contribution in [0, 0.1) is 32.1 Å². The molecule has 0 aliphatic rings. The Balaban J connectivity index is 2.17. The molecule has 0 aliphatic heterocycles. The molecule has 0 unspecified atom stereocenters. The fraction of sp³-hybridized carbons (Fsp3) is 0.286. The fourth-order valence-electron chi connectivity index (χ4n) is 1.87. The van der Waals surface area contributed by atoms with E-state index in [0.717, 1.165) is 22.6 Å². The molecule has 0 spiro atoms. The molecular formula is C14H14N2O2. The van der Waals surface area contributed by atoms with Gasteiger partial charge in [-0.25, -0.2) is 0 Å². The molecule has 0 radical (unpaired) electrons. The average molecular weight is 242 g/mol. The first-order valence-corrected chi connectivity index (χ1v) is 5.66. The minimum absolute atomic E-state index is 0.342. The van der Waals surface area contributed by atoms with Crippen LogP contribution in [0.4, 0.5) is 0 Å². The maximum Gasteiger partial charge on any atom is 0.174 e. The van der Waals surface area contributed by atoms with Crippen LogP contribution in [-0.2, 0) is 6.61 Å². The van der Waals surface area contributed by atoms with E-state index in [1.807, 2.05) is 39.0 Å². The minimum Gasteiger partial charge on any atom is -0.485 e. The van der Waals surface area contributed by atoms with Gasteiger partial charge in [0.2, 0.25) is 0 Å². The summed E-state index contributed by atoms with van der Waals surface area (Å²) in [5.41, 5.74) is 3.38. The minimum atomic E-state index is 0.342. The molecule has 2 aromatic rings. The van der Waals surface area contributed by atoms with Crippen molar-refractivity contribution in [3.8, 4) is 11.8 Å². The highest BCUT2D eigenvalue weighted by atomic mass is 16.5. The summed E-state index contributed by atoms with van der Waals surface area (Å²) in [4.78, 5) is 0. The smallest absolute Gasteiger partial charge is 0.174 e. The van der Waals surface area contributed by atoms with Crippen molar-refractivity contribution in [2.75, 3.05) is 0 Å². The fourth-order valence-corrected chi connectivity index (χ4v) is 1.87. The molecule has 1 heterocycles. The Kier molecular flexibility index (Phi) is 3.33. The maximum atomic E-state index is 8.87. The molecule has 0 amide bonds. The lowest BCUT2D eigenvalue weighted by Crippen LogP contribution is -1.98. The highest BCUT2D eigenvalue weighted by Crippen LogP contribution is 2.25. The van der Waals surface area contributed by atoms with Crippen LogP contribution in [-0.4, -0.2) is 5.16 Å². The first-order chi connectivity index (χ1) is 8.60. The summed E-state index contributed by atoms with van der Waals surface area (Å²) in [5.74, 6) is 1.48. The van der Waals surface area contributed by atoms with E-state index in [9.17, 15) is 0 Å². The van der Waals surface area contributed by atoms with Crippen LogP contribution in [0.3, 0.4) is 0 Å². The van der Waals surface area contributed by atoms with Gasteiger partial charge in [0, 0.05) is 6.07 Å². The Morgan fingerprint density at radius 1 is 1.22 bits per heavy atom. The molecule has 18 heavy (non-hydrogen) atoms. The van der Waals surface area contributed by atoms with E-state index in [4.69, 9.17) is 14.5 Å². The third-order valence-corrected chi connectivity index (χ3v) is 2.62. The van der Waals surface area contributed by atoms with Crippen LogP contribution in [0.1, 0.15) is 28.1 Å². The SMILES string of the molecule is Cc1cc(COc2c(C)cc(C#N)cc2C)on1. The number of hydrogen-bond acceptors (Lipinski definition) is 4. The summed E-state index contributed by atoms with van der Waals surface area (Å²) < 4.78 is 10.8. The summed E-state index contributed by atoms with van der Waals surface area (Å²) >= 11 is 0. The molecule has 0 bridgehead atoms. The Morgan fingerprint density at radius 3 is 2.39 bits per heavy atom. The van der Waals surface area contributed by atoms with E-state index in [1.165, 1.54) is 0 Å². The summed E-state index contributed by atoms with van der Waals surface area (Å²) in [7, 11) is 0. The number of aromatic nitrogens is 1. The van der Waals surface area contributed by atoms with Gasteiger partial charge in [-0.2, -0.15) is 5.26 Å². The van der Waals surface area contributed by atoms with E-state index in [0.29, 0.717) is 17.9 Å². The molecule has 1 aromatic heterocycles. The molecule has 4 heteroatoms. The summed E-state index contributed by atoms with van der Waals surface area (Å²) in [5, 5.41) is 12.7. The van der Waals surface area contributed by atoms with Crippen LogP contribution in [0.5, 0.6) is 5.75 Å². The second-order valence-electron chi connectivity index (χ2n) is 4.27. The van der Waals surface area contributed by atoms with E-state index in [1.54, 1.807) is 0 Å². The largest absolute Gasteiger partial charge is 0.485 e. The predicted octanol–water partition coefficient (Wildman–Crippen LogP) is 3.05. The first kappa shape index (κ1) is 12.2. The van der Waals surface area contributed by atoms with E-state index in [-0.39, 0.29) is 0 Å². The molecule has 92 valence electrons. The molecule has 0 atom stereocenters. The topological polar surface area (TPSA) is 59.0 Å². The molecule has 0 N–H and O–H groups in total. The number of nitriles is 1. The van der Waals surface area contributed by atoms with Crippen LogP contribution >= 0.6 is 0 Å². The van der Waals surface area contributed by atoms with Crippen LogP contribution in [0.25, 0.3) is 0 Å². The van der Waals surface area contributed by atoms with Gasteiger partial charge in [0.05, 0.1) is 17.3 Å². The molecule has 4 nitrogen and oxygen atoms in total. The molecular weight excluding hydrogens is 228 g/mol. The third kappa shape index (κ3) is 2.51. The number of hydrogen-bond donors (Lipinski definition) is 0. The zero-order chi connectivity index (χ0) is 13.1. The third-order valence-electron chi connectivity index (χ3n) is 2.62. The van der Waals surface area contributed by atoms with Crippen LogP contribution in [0.2, 0.25) is 0 Å². The number of aryl methyl sites for hydroxylation is 3. The van der Waals surface area contributed by atoms with Gasteiger partial charge < -0.3 is 9.26 Å². The molecule has 0 saturated carbocycles. The number of nitrogens with zero attached hydrogens (tertiary/aromatic N) is 2. The number of benzene rings is 1.